The van der Waals surface area contributed by atoms with E-state index in [0.717, 1.165) is 31.8 Å². The van der Waals surface area contributed by atoms with Crippen LogP contribution < -0.4 is 10.6 Å². The van der Waals surface area contributed by atoms with Crippen LogP contribution >= 0.6 is 0 Å². The number of carbonyl (C=O) groups is 1. The van der Waals surface area contributed by atoms with Gasteiger partial charge in [-0.05, 0) is 38.5 Å². The highest BCUT2D eigenvalue weighted by Crippen LogP contribution is 2.23. The summed E-state index contributed by atoms with van der Waals surface area (Å²) in [6, 6.07) is 5.66. The van der Waals surface area contributed by atoms with Gasteiger partial charge in [-0.1, -0.05) is 0 Å². The Morgan fingerprint density at radius 2 is 2.28 bits per heavy atom. The molecule has 2 rings (SSSR count). The topological polar surface area (TPSA) is 55.6 Å². The molecule has 0 aromatic heterocycles. The van der Waals surface area contributed by atoms with Gasteiger partial charge < -0.3 is 15.4 Å². The molecule has 4 nitrogen and oxygen atoms in total. The Labute approximate surface area is 108 Å². The molecule has 18 heavy (non-hydrogen) atoms. The molecular weight excluding hydrogens is 228 g/mol. The van der Waals surface area contributed by atoms with Gasteiger partial charge in [0.2, 0.25) is 0 Å². The highest BCUT2D eigenvalue weighted by molar-refractivity contribution is 6.00. The number of rotatable bonds is 2. The summed E-state index contributed by atoms with van der Waals surface area (Å²) in [5.74, 6) is 0.00784. The molecule has 0 saturated carbocycles. The van der Waals surface area contributed by atoms with Crippen LogP contribution in [0.25, 0.3) is 0 Å². The van der Waals surface area contributed by atoms with Gasteiger partial charge >= 0.3 is 0 Å². The predicted molar refractivity (Wildman–Crippen MR) is 73.1 cm³/mol. The number of anilines is 2. The number of ketones is 1. The molecule has 98 valence electrons. The van der Waals surface area contributed by atoms with Gasteiger partial charge in [0.05, 0.1) is 6.10 Å². The van der Waals surface area contributed by atoms with Gasteiger partial charge in [-0.15, -0.1) is 0 Å². The predicted octanol–water partition coefficient (Wildman–Crippen LogP) is 2.09. The minimum atomic E-state index is 0.00784. The molecule has 0 amide bonds. The summed E-state index contributed by atoms with van der Waals surface area (Å²) in [6.45, 7) is 6.21. The summed E-state index contributed by atoms with van der Waals surface area (Å²) in [5, 5.41) is 0. The van der Waals surface area contributed by atoms with Crippen LogP contribution in [0.5, 0.6) is 0 Å². The van der Waals surface area contributed by atoms with E-state index in [1.165, 1.54) is 0 Å². The van der Waals surface area contributed by atoms with Crippen LogP contribution in [0, 0.1) is 0 Å². The second-order valence-corrected chi connectivity index (χ2v) is 4.81. The van der Waals surface area contributed by atoms with E-state index in [1.54, 1.807) is 6.92 Å². The molecule has 4 heteroatoms. The Morgan fingerprint density at radius 3 is 3.00 bits per heavy atom. The van der Waals surface area contributed by atoms with Crippen molar-refractivity contribution in [2.24, 2.45) is 0 Å². The first kappa shape index (κ1) is 12.9. The Balaban J connectivity index is 2.26. The normalized spacial score (nSPS) is 20.6. The third kappa shape index (κ3) is 2.82. The fraction of sp³-hybridized carbons (Fsp3) is 0.500. The van der Waals surface area contributed by atoms with Gasteiger partial charge in [0.15, 0.2) is 5.78 Å². The van der Waals surface area contributed by atoms with Gasteiger partial charge in [-0.2, -0.15) is 0 Å². The molecule has 0 radical (unpaired) electrons. The lowest BCUT2D eigenvalue weighted by atomic mass is 10.1. The molecule has 0 aliphatic carbocycles. The maximum absolute atomic E-state index is 11.5. The molecule has 1 aliphatic heterocycles. The molecule has 1 atom stereocenters. The van der Waals surface area contributed by atoms with Gasteiger partial charge in [-0.25, -0.2) is 0 Å². The van der Waals surface area contributed by atoms with Crippen LogP contribution in [0.4, 0.5) is 11.4 Å². The van der Waals surface area contributed by atoms with E-state index in [-0.39, 0.29) is 11.9 Å². The van der Waals surface area contributed by atoms with Crippen LogP contribution in [0.2, 0.25) is 0 Å². The number of hydrogen-bond donors (Lipinski definition) is 1. The summed E-state index contributed by atoms with van der Waals surface area (Å²) in [4.78, 5) is 13.8. The molecule has 1 aliphatic rings. The lowest BCUT2D eigenvalue weighted by molar-refractivity contribution is 0.0821. The summed E-state index contributed by atoms with van der Waals surface area (Å²) < 4.78 is 5.62. The number of benzene rings is 1. The molecule has 0 bridgehead atoms. The van der Waals surface area contributed by atoms with Crippen molar-refractivity contribution in [3.8, 4) is 0 Å². The minimum Gasteiger partial charge on any atom is -0.398 e. The number of nitrogen functional groups attached to an aromatic ring is 1. The average molecular weight is 248 g/mol. The molecule has 2 N–H and O–H groups in total. The van der Waals surface area contributed by atoms with Crippen molar-refractivity contribution in [2.75, 3.05) is 30.3 Å². The zero-order valence-corrected chi connectivity index (χ0v) is 11.0. The molecule has 1 aromatic rings. The van der Waals surface area contributed by atoms with E-state index in [0.29, 0.717) is 11.3 Å². The Morgan fingerprint density at radius 1 is 1.50 bits per heavy atom. The second-order valence-electron chi connectivity index (χ2n) is 4.81. The van der Waals surface area contributed by atoms with E-state index >= 15 is 0 Å². The third-order valence-electron chi connectivity index (χ3n) is 3.23. The summed E-state index contributed by atoms with van der Waals surface area (Å²) >= 11 is 0. The zero-order chi connectivity index (χ0) is 13.1. The molecular formula is C14H20N2O2. The first-order valence-corrected chi connectivity index (χ1v) is 6.35. The van der Waals surface area contributed by atoms with Crippen LogP contribution in [0.15, 0.2) is 18.2 Å². The van der Waals surface area contributed by atoms with Gasteiger partial charge in [0.1, 0.15) is 0 Å². The van der Waals surface area contributed by atoms with Crippen LogP contribution in [0.3, 0.4) is 0 Å². The van der Waals surface area contributed by atoms with Gasteiger partial charge in [-0.3, -0.25) is 4.79 Å². The van der Waals surface area contributed by atoms with Crippen molar-refractivity contribution in [1.29, 1.82) is 0 Å². The number of hydrogen-bond acceptors (Lipinski definition) is 4. The van der Waals surface area contributed by atoms with E-state index in [2.05, 4.69) is 11.8 Å². The maximum Gasteiger partial charge on any atom is 0.161 e. The molecule has 1 fully saturated rings. The Hall–Kier alpha value is -1.55. The average Bonchev–Trinajstić information content (AvgIpc) is 2.54. The largest absolute Gasteiger partial charge is 0.398 e. The van der Waals surface area contributed by atoms with Gasteiger partial charge in [0.25, 0.3) is 0 Å². The molecule has 1 aromatic carbocycles. The molecule has 1 heterocycles. The van der Waals surface area contributed by atoms with Crippen molar-refractivity contribution >= 4 is 17.2 Å². The van der Waals surface area contributed by atoms with Crippen molar-refractivity contribution in [2.45, 2.75) is 26.4 Å². The molecule has 1 saturated heterocycles. The lowest BCUT2D eigenvalue weighted by Crippen LogP contribution is -2.30. The van der Waals surface area contributed by atoms with E-state index < -0.39 is 0 Å². The molecule has 1 unspecified atom stereocenters. The Kier molecular flexibility index (Phi) is 3.87. The quantitative estimate of drug-likeness (QED) is 0.643. The lowest BCUT2D eigenvalue weighted by Gasteiger charge is -2.25. The fourth-order valence-electron chi connectivity index (χ4n) is 2.27. The number of nitrogens with zero attached hydrogens (tertiary/aromatic N) is 1. The highest BCUT2D eigenvalue weighted by atomic mass is 16.5. The summed E-state index contributed by atoms with van der Waals surface area (Å²) in [5.41, 5.74) is 8.01. The SMILES string of the molecule is CC(=O)c1cc(N2CCCOC(C)C2)ccc1N. The zero-order valence-electron chi connectivity index (χ0n) is 11.0. The van der Waals surface area contributed by atoms with Crippen molar-refractivity contribution < 1.29 is 9.53 Å². The van der Waals surface area contributed by atoms with Gasteiger partial charge in [0, 0.05) is 36.6 Å². The summed E-state index contributed by atoms with van der Waals surface area (Å²) in [6.07, 6.45) is 1.22. The Bertz CT molecular complexity index is 445. The minimum absolute atomic E-state index is 0.00784. The maximum atomic E-state index is 11.5. The first-order valence-electron chi connectivity index (χ1n) is 6.35. The molecule has 0 spiro atoms. The summed E-state index contributed by atoms with van der Waals surface area (Å²) in [7, 11) is 0. The van der Waals surface area contributed by atoms with Crippen LogP contribution in [0.1, 0.15) is 30.6 Å². The number of nitrogens with two attached hydrogens (primary N) is 1. The smallest absolute Gasteiger partial charge is 0.161 e. The fourth-order valence-corrected chi connectivity index (χ4v) is 2.27. The van der Waals surface area contributed by atoms with Crippen molar-refractivity contribution in [3.63, 3.8) is 0 Å². The number of Topliss-reactive ketones (excluding diaryl/α,β-unsaturated/α-hetero) is 1. The van der Waals surface area contributed by atoms with E-state index in [9.17, 15) is 4.79 Å². The monoisotopic (exact) mass is 248 g/mol. The third-order valence-corrected chi connectivity index (χ3v) is 3.23. The van der Waals surface area contributed by atoms with E-state index in [1.807, 2.05) is 18.2 Å². The van der Waals surface area contributed by atoms with Crippen LogP contribution in [-0.4, -0.2) is 31.6 Å². The highest BCUT2D eigenvalue weighted by Gasteiger charge is 2.16. The number of carbonyl (C=O) groups excluding carboxylic acids is 1. The van der Waals surface area contributed by atoms with Crippen molar-refractivity contribution in [1.82, 2.24) is 0 Å². The second kappa shape index (κ2) is 5.40. The first-order chi connectivity index (χ1) is 8.58. The van der Waals surface area contributed by atoms with Crippen molar-refractivity contribution in [3.05, 3.63) is 23.8 Å². The number of ether oxygens (including phenoxy) is 1. The van der Waals surface area contributed by atoms with Crippen LogP contribution in [-0.2, 0) is 4.74 Å². The van der Waals surface area contributed by atoms with E-state index in [4.69, 9.17) is 10.5 Å². The standard InChI is InChI=1S/C14H20N2O2/c1-10-9-16(6-3-7-18-10)12-4-5-14(15)13(8-12)11(2)17/h4-5,8,10H,3,6-7,9,15H2,1-2H3.